The van der Waals surface area contributed by atoms with Gasteiger partial charge in [-0.05, 0) is 25.0 Å². The number of aromatic nitrogens is 2. The summed E-state index contributed by atoms with van der Waals surface area (Å²) in [6.07, 6.45) is 26.9. The Morgan fingerprint density at radius 2 is 1.13 bits per heavy atom. The van der Waals surface area contributed by atoms with Gasteiger partial charge in [0.05, 0.1) is 6.54 Å². The smallest absolute Gasteiger partial charge is 0.234 e. The van der Waals surface area contributed by atoms with Crippen molar-refractivity contribution in [3.8, 4) is 5.69 Å². The lowest BCUT2D eigenvalue weighted by atomic mass is 10.0. The molecule has 0 saturated carbocycles. The Hall–Kier alpha value is -1.57. The van der Waals surface area contributed by atoms with Crippen LogP contribution in [0.15, 0.2) is 42.7 Å². The van der Waals surface area contributed by atoms with Crippen molar-refractivity contribution in [2.75, 3.05) is 0 Å². The number of rotatable bonds is 18. The molecule has 0 aliphatic rings. The molecule has 2 aromatic rings. The van der Waals surface area contributed by atoms with Gasteiger partial charge >= 0.3 is 0 Å². The molecule has 168 valence electrons. The zero-order valence-electron chi connectivity index (χ0n) is 20.0. The molecule has 0 aliphatic heterocycles. The van der Waals surface area contributed by atoms with Gasteiger partial charge in [-0.25, -0.2) is 4.57 Å². The van der Waals surface area contributed by atoms with Crippen molar-refractivity contribution in [2.24, 2.45) is 0 Å². The van der Waals surface area contributed by atoms with Gasteiger partial charge in [-0.15, -0.1) is 0 Å². The van der Waals surface area contributed by atoms with E-state index in [2.05, 4.69) is 65.7 Å². The largest absolute Gasteiger partial charge is 0.261 e. The Bertz CT molecular complexity index is 644. The SMILES string of the molecule is CCCCCCCCCCCCCCCCC[n+]1ccn(-c2ccccc2)c1CC. The van der Waals surface area contributed by atoms with Crippen LogP contribution >= 0.6 is 0 Å². The molecule has 1 aromatic carbocycles. The summed E-state index contributed by atoms with van der Waals surface area (Å²) in [5.74, 6) is 1.41. The van der Waals surface area contributed by atoms with E-state index in [0.717, 1.165) is 13.0 Å². The molecule has 0 unspecified atom stereocenters. The van der Waals surface area contributed by atoms with Crippen LogP contribution in [0.1, 0.15) is 116 Å². The number of hydrogen-bond acceptors (Lipinski definition) is 0. The van der Waals surface area contributed by atoms with Crippen molar-refractivity contribution < 1.29 is 4.57 Å². The summed E-state index contributed by atoms with van der Waals surface area (Å²) in [6, 6.07) is 10.7. The molecule has 0 N–H and O–H groups in total. The Kier molecular flexibility index (Phi) is 13.3. The van der Waals surface area contributed by atoms with Crippen LogP contribution in [0.4, 0.5) is 0 Å². The number of para-hydroxylation sites is 1. The molecule has 2 rings (SSSR count). The third-order valence-corrected chi connectivity index (χ3v) is 6.36. The van der Waals surface area contributed by atoms with Crippen LogP contribution in [0, 0.1) is 0 Å². The third-order valence-electron chi connectivity index (χ3n) is 6.36. The van der Waals surface area contributed by atoms with Gasteiger partial charge < -0.3 is 0 Å². The average Bonchev–Trinajstić information content (AvgIpc) is 3.20. The highest BCUT2D eigenvalue weighted by molar-refractivity contribution is 5.31. The maximum Gasteiger partial charge on any atom is 0.261 e. The summed E-state index contributed by atoms with van der Waals surface area (Å²) in [6.45, 7) is 5.71. The van der Waals surface area contributed by atoms with Gasteiger partial charge in [0.25, 0.3) is 5.82 Å². The fourth-order valence-corrected chi connectivity index (χ4v) is 4.51. The predicted octanol–water partition coefficient (Wildman–Crippen LogP) is 8.20. The fraction of sp³-hybridized carbons (Fsp3) is 0.679. The highest BCUT2D eigenvalue weighted by atomic mass is 15.1. The molecule has 1 aromatic heterocycles. The van der Waals surface area contributed by atoms with E-state index >= 15 is 0 Å². The molecule has 0 spiro atoms. The first kappa shape index (κ1) is 24.7. The average molecular weight is 412 g/mol. The third kappa shape index (κ3) is 9.49. The lowest BCUT2D eigenvalue weighted by Crippen LogP contribution is -2.36. The number of aryl methyl sites for hydroxylation is 1. The second kappa shape index (κ2) is 16.2. The van der Waals surface area contributed by atoms with E-state index in [-0.39, 0.29) is 0 Å². The summed E-state index contributed by atoms with van der Waals surface area (Å²) in [4.78, 5) is 0. The number of unbranched alkanes of at least 4 members (excludes halogenated alkanes) is 14. The molecular weight excluding hydrogens is 364 g/mol. The van der Waals surface area contributed by atoms with E-state index in [1.807, 2.05) is 0 Å². The topological polar surface area (TPSA) is 8.81 Å². The highest BCUT2D eigenvalue weighted by Gasteiger charge is 2.16. The zero-order chi connectivity index (χ0) is 21.3. The van der Waals surface area contributed by atoms with Crippen LogP contribution in [0.3, 0.4) is 0 Å². The molecule has 0 radical (unpaired) electrons. The maximum absolute atomic E-state index is 2.45. The second-order valence-electron chi connectivity index (χ2n) is 8.92. The van der Waals surface area contributed by atoms with E-state index in [1.165, 1.54) is 108 Å². The summed E-state index contributed by atoms with van der Waals surface area (Å²) < 4.78 is 4.79. The Balaban J connectivity index is 1.47. The highest BCUT2D eigenvalue weighted by Crippen LogP contribution is 2.14. The standard InChI is InChI=1S/C28H47N2/c1-3-5-6-7-8-9-10-11-12-13-14-15-16-17-21-24-29-25-26-30(28(29)4-2)27-22-19-18-20-23-27/h18-20,22-23,25-26H,3-17,21,24H2,1-2H3/q+1. The molecule has 2 heteroatoms. The van der Waals surface area contributed by atoms with E-state index in [4.69, 9.17) is 0 Å². The molecule has 0 saturated heterocycles. The molecule has 0 atom stereocenters. The Morgan fingerprint density at radius 3 is 1.63 bits per heavy atom. The van der Waals surface area contributed by atoms with Gasteiger partial charge in [0.2, 0.25) is 0 Å². The predicted molar refractivity (Wildman–Crippen MR) is 130 cm³/mol. The molecular formula is C28H47N2+. The summed E-state index contributed by atoms with van der Waals surface area (Å²) in [5.41, 5.74) is 1.27. The number of hydrogen-bond donors (Lipinski definition) is 0. The van der Waals surface area contributed by atoms with Crippen molar-refractivity contribution in [3.63, 3.8) is 0 Å². The lowest BCUT2D eigenvalue weighted by molar-refractivity contribution is -0.703. The van der Waals surface area contributed by atoms with Crippen molar-refractivity contribution in [1.29, 1.82) is 0 Å². The van der Waals surface area contributed by atoms with Gasteiger partial charge in [-0.2, -0.15) is 4.57 Å². The monoisotopic (exact) mass is 411 g/mol. The van der Waals surface area contributed by atoms with Crippen LogP contribution in [0.2, 0.25) is 0 Å². The van der Waals surface area contributed by atoms with Gasteiger partial charge in [0, 0.05) is 6.42 Å². The summed E-state index contributed by atoms with van der Waals surface area (Å²) >= 11 is 0. The van der Waals surface area contributed by atoms with Crippen LogP contribution in [0.25, 0.3) is 5.69 Å². The van der Waals surface area contributed by atoms with Crippen LogP contribution < -0.4 is 4.57 Å². The minimum absolute atomic E-state index is 1.07. The Labute approximate surface area is 186 Å². The first-order valence-corrected chi connectivity index (χ1v) is 13.0. The van der Waals surface area contributed by atoms with E-state index in [1.54, 1.807) is 0 Å². The molecule has 0 aliphatic carbocycles. The van der Waals surface area contributed by atoms with Gasteiger partial charge in [0.15, 0.2) is 0 Å². The van der Waals surface area contributed by atoms with E-state index < -0.39 is 0 Å². The fourth-order valence-electron chi connectivity index (χ4n) is 4.51. The lowest BCUT2D eigenvalue weighted by Gasteiger charge is -2.04. The molecule has 0 amide bonds. The first-order chi connectivity index (χ1) is 14.9. The van der Waals surface area contributed by atoms with E-state index in [0.29, 0.717) is 0 Å². The Morgan fingerprint density at radius 1 is 0.633 bits per heavy atom. The normalized spacial score (nSPS) is 11.3. The second-order valence-corrected chi connectivity index (χ2v) is 8.92. The minimum Gasteiger partial charge on any atom is -0.234 e. The summed E-state index contributed by atoms with van der Waals surface area (Å²) in [5, 5.41) is 0. The molecule has 2 nitrogen and oxygen atoms in total. The number of imidazole rings is 1. The van der Waals surface area contributed by atoms with Gasteiger partial charge in [-0.3, -0.25) is 0 Å². The molecule has 30 heavy (non-hydrogen) atoms. The van der Waals surface area contributed by atoms with Crippen molar-refractivity contribution in [3.05, 3.63) is 48.5 Å². The molecule has 1 heterocycles. The van der Waals surface area contributed by atoms with Crippen molar-refractivity contribution in [2.45, 2.75) is 123 Å². The summed E-state index contributed by atoms with van der Waals surface area (Å²) in [7, 11) is 0. The maximum atomic E-state index is 2.45. The number of nitrogens with zero attached hydrogens (tertiary/aromatic N) is 2. The molecule has 0 fully saturated rings. The van der Waals surface area contributed by atoms with E-state index in [9.17, 15) is 0 Å². The quantitative estimate of drug-likeness (QED) is 0.173. The van der Waals surface area contributed by atoms with Gasteiger partial charge in [0.1, 0.15) is 18.1 Å². The van der Waals surface area contributed by atoms with Crippen LogP contribution in [0.5, 0.6) is 0 Å². The first-order valence-electron chi connectivity index (χ1n) is 13.0. The molecule has 0 bridgehead atoms. The number of benzene rings is 1. The van der Waals surface area contributed by atoms with Crippen LogP contribution in [-0.2, 0) is 13.0 Å². The van der Waals surface area contributed by atoms with Crippen LogP contribution in [-0.4, -0.2) is 4.57 Å². The van der Waals surface area contributed by atoms with Gasteiger partial charge in [-0.1, -0.05) is 116 Å². The van der Waals surface area contributed by atoms with Crippen molar-refractivity contribution >= 4 is 0 Å². The minimum atomic E-state index is 1.07. The zero-order valence-corrected chi connectivity index (χ0v) is 20.0. The van der Waals surface area contributed by atoms with Crippen molar-refractivity contribution in [1.82, 2.24) is 4.57 Å².